The van der Waals surface area contributed by atoms with Gasteiger partial charge < -0.3 is 5.73 Å². The summed E-state index contributed by atoms with van der Waals surface area (Å²) >= 11 is 0. The quantitative estimate of drug-likeness (QED) is 0.698. The summed E-state index contributed by atoms with van der Waals surface area (Å²) in [6, 6.07) is 0. The first kappa shape index (κ1) is 20.8. The highest BCUT2D eigenvalue weighted by molar-refractivity contribution is 6.12. The lowest BCUT2D eigenvalue weighted by molar-refractivity contribution is -0.136. The molecule has 1 aliphatic rings. The van der Waals surface area contributed by atoms with Gasteiger partial charge in [0.2, 0.25) is 0 Å². The number of nitrogens with zero attached hydrogens (tertiary/aromatic N) is 1. The minimum atomic E-state index is -0.184. The maximum Gasteiger partial charge on any atom is 0.253 e. The Hall–Kier alpha value is -1.16. The lowest BCUT2D eigenvalue weighted by atomic mass is 9.71. The van der Waals surface area contributed by atoms with E-state index in [1.54, 1.807) is 0 Å². The van der Waals surface area contributed by atoms with Gasteiger partial charge in [0, 0.05) is 18.7 Å². The summed E-state index contributed by atoms with van der Waals surface area (Å²) in [7, 11) is 0. The van der Waals surface area contributed by atoms with Gasteiger partial charge in [0.05, 0.1) is 0 Å². The van der Waals surface area contributed by atoms with E-state index in [-0.39, 0.29) is 22.6 Å². The van der Waals surface area contributed by atoms with E-state index < -0.39 is 0 Å². The number of carbonyl (C=O) groups is 2. The summed E-state index contributed by atoms with van der Waals surface area (Å²) in [5.41, 5.74) is 6.09. The SMILES string of the molecule is CC.CC(C)(CCN)CC(C)(C)CCCN1C(=O)C=CC1=O. The van der Waals surface area contributed by atoms with Gasteiger partial charge in [0.1, 0.15) is 0 Å². The fourth-order valence-corrected chi connectivity index (χ4v) is 3.23. The van der Waals surface area contributed by atoms with Crippen LogP contribution in [0, 0.1) is 10.8 Å². The van der Waals surface area contributed by atoms with E-state index in [9.17, 15) is 9.59 Å². The Bertz CT molecular complexity index is 380. The largest absolute Gasteiger partial charge is 0.330 e. The third-order valence-electron chi connectivity index (χ3n) is 3.91. The molecule has 1 aliphatic heterocycles. The monoisotopic (exact) mass is 310 g/mol. The molecule has 0 saturated carbocycles. The Balaban J connectivity index is 0.00000211. The Morgan fingerprint density at radius 2 is 1.41 bits per heavy atom. The Morgan fingerprint density at radius 3 is 1.86 bits per heavy atom. The van der Waals surface area contributed by atoms with Gasteiger partial charge in [-0.05, 0) is 43.1 Å². The van der Waals surface area contributed by atoms with Crippen molar-refractivity contribution in [3.05, 3.63) is 12.2 Å². The fraction of sp³-hybridized carbons (Fsp3) is 0.778. The molecule has 0 aliphatic carbocycles. The number of imide groups is 1. The van der Waals surface area contributed by atoms with Crippen molar-refractivity contribution in [3.8, 4) is 0 Å². The van der Waals surface area contributed by atoms with Crippen molar-refractivity contribution in [1.82, 2.24) is 4.90 Å². The van der Waals surface area contributed by atoms with Gasteiger partial charge in [0.15, 0.2) is 0 Å². The number of hydrogen-bond donors (Lipinski definition) is 1. The molecule has 2 amide bonds. The summed E-state index contributed by atoms with van der Waals surface area (Å²) in [5, 5.41) is 0. The van der Waals surface area contributed by atoms with E-state index in [0.29, 0.717) is 13.1 Å². The molecular weight excluding hydrogens is 276 g/mol. The Labute approximate surface area is 136 Å². The van der Waals surface area contributed by atoms with Crippen LogP contribution >= 0.6 is 0 Å². The van der Waals surface area contributed by atoms with Crippen LogP contribution in [0.5, 0.6) is 0 Å². The van der Waals surface area contributed by atoms with Crippen molar-refractivity contribution in [2.24, 2.45) is 16.6 Å². The first-order chi connectivity index (χ1) is 10.2. The van der Waals surface area contributed by atoms with Crippen LogP contribution in [-0.2, 0) is 9.59 Å². The highest BCUT2D eigenvalue weighted by atomic mass is 16.2. The molecule has 0 aromatic heterocycles. The molecule has 0 unspecified atom stereocenters. The van der Waals surface area contributed by atoms with Crippen LogP contribution < -0.4 is 5.73 Å². The first-order valence-electron chi connectivity index (χ1n) is 8.40. The van der Waals surface area contributed by atoms with Crippen LogP contribution in [-0.4, -0.2) is 29.8 Å². The fourth-order valence-electron chi connectivity index (χ4n) is 3.23. The van der Waals surface area contributed by atoms with Crippen LogP contribution in [0.3, 0.4) is 0 Å². The van der Waals surface area contributed by atoms with Crippen LogP contribution in [0.1, 0.15) is 67.2 Å². The smallest absolute Gasteiger partial charge is 0.253 e. The van der Waals surface area contributed by atoms with Crippen molar-refractivity contribution in [2.45, 2.75) is 67.2 Å². The van der Waals surface area contributed by atoms with E-state index in [2.05, 4.69) is 27.7 Å². The molecule has 22 heavy (non-hydrogen) atoms. The Kier molecular flexibility index (Phi) is 8.61. The average molecular weight is 310 g/mol. The number of carbonyl (C=O) groups excluding carboxylic acids is 2. The second kappa shape index (κ2) is 9.09. The lowest BCUT2D eigenvalue weighted by Crippen LogP contribution is -2.32. The molecule has 0 spiro atoms. The highest BCUT2D eigenvalue weighted by Gasteiger charge is 2.29. The number of rotatable bonds is 8. The van der Waals surface area contributed by atoms with Gasteiger partial charge in [-0.1, -0.05) is 41.5 Å². The summed E-state index contributed by atoms with van der Waals surface area (Å²) in [6.45, 7) is 14.2. The second-order valence-electron chi connectivity index (χ2n) is 7.31. The Morgan fingerprint density at radius 1 is 0.955 bits per heavy atom. The van der Waals surface area contributed by atoms with Gasteiger partial charge in [-0.25, -0.2) is 0 Å². The van der Waals surface area contributed by atoms with Gasteiger partial charge in [-0.2, -0.15) is 0 Å². The molecule has 2 N–H and O–H groups in total. The van der Waals surface area contributed by atoms with E-state index in [1.807, 2.05) is 13.8 Å². The molecule has 0 atom stereocenters. The maximum absolute atomic E-state index is 11.5. The number of amides is 2. The third-order valence-corrected chi connectivity index (χ3v) is 3.91. The topological polar surface area (TPSA) is 63.4 Å². The minimum Gasteiger partial charge on any atom is -0.330 e. The van der Waals surface area contributed by atoms with Crippen molar-refractivity contribution < 1.29 is 9.59 Å². The third kappa shape index (κ3) is 7.21. The van der Waals surface area contributed by atoms with Crippen LogP contribution in [0.4, 0.5) is 0 Å². The molecule has 0 radical (unpaired) electrons. The van der Waals surface area contributed by atoms with Crippen LogP contribution in [0.25, 0.3) is 0 Å². The molecule has 1 heterocycles. The van der Waals surface area contributed by atoms with E-state index in [1.165, 1.54) is 17.1 Å². The van der Waals surface area contributed by atoms with Gasteiger partial charge in [-0.15, -0.1) is 0 Å². The zero-order valence-electron chi connectivity index (χ0n) is 15.2. The molecule has 4 heteroatoms. The molecule has 0 bridgehead atoms. The molecule has 0 fully saturated rings. The van der Waals surface area contributed by atoms with Crippen molar-refractivity contribution >= 4 is 11.8 Å². The second-order valence-corrected chi connectivity index (χ2v) is 7.31. The summed E-state index contributed by atoms with van der Waals surface area (Å²) in [6.07, 6.45) is 6.65. The molecule has 0 aromatic carbocycles. The van der Waals surface area contributed by atoms with Crippen molar-refractivity contribution in [1.29, 1.82) is 0 Å². The van der Waals surface area contributed by atoms with E-state index in [4.69, 9.17) is 5.73 Å². The van der Waals surface area contributed by atoms with Gasteiger partial charge in [0.25, 0.3) is 11.8 Å². The molecular formula is C18H34N2O2. The minimum absolute atomic E-state index is 0.184. The molecule has 0 saturated heterocycles. The van der Waals surface area contributed by atoms with Crippen molar-refractivity contribution in [2.75, 3.05) is 13.1 Å². The predicted molar refractivity (Wildman–Crippen MR) is 92.3 cm³/mol. The lowest BCUT2D eigenvalue weighted by Gasteiger charge is -2.35. The predicted octanol–water partition coefficient (Wildman–Crippen LogP) is 3.51. The number of hydrogen-bond acceptors (Lipinski definition) is 3. The van der Waals surface area contributed by atoms with Crippen LogP contribution in [0.2, 0.25) is 0 Å². The zero-order valence-corrected chi connectivity index (χ0v) is 15.2. The van der Waals surface area contributed by atoms with Crippen LogP contribution in [0.15, 0.2) is 12.2 Å². The molecule has 1 rings (SSSR count). The standard InChI is InChI=1S/C16H28N2O2.C2H6/c1-15(2,12-16(3,4)9-10-17)8-5-11-18-13(19)6-7-14(18)20;1-2/h6-7H,5,8-12,17H2,1-4H3;1-2H3. The average Bonchev–Trinajstić information content (AvgIpc) is 2.71. The van der Waals surface area contributed by atoms with Gasteiger partial charge in [-0.3, -0.25) is 14.5 Å². The highest BCUT2D eigenvalue weighted by Crippen LogP contribution is 2.38. The van der Waals surface area contributed by atoms with E-state index >= 15 is 0 Å². The summed E-state index contributed by atoms with van der Waals surface area (Å²) < 4.78 is 0. The van der Waals surface area contributed by atoms with Crippen molar-refractivity contribution in [3.63, 3.8) is 0 Å². The molecule has 128 valence electrons. The van der Waals surface area contributed by atoms with E-state index in [0.717, 1.165) is 25.7 Å². The first-order valence-corrected chi connectivity index (χ1v) is 8.40. The zero-order chi connectivity index (χ0) is 17.4. The summed E-state index contributed by atoms with van der Waals surface area (Å²) in [5.74, 6) is -0.368. The van der Waals surface area contributed by atoms with Gasteiger partial charge >= 0.3 is 0 Å². The summed E-state index contributed by atoms with van der Waals surface area (Å²) in [4.78, 5) is 24.2. The normalized spacial score (nSPS) is 15.1. The molecule has 4 nitrogen and oxygen atoms in total. The number of nitrogens with two attached hydrogens (primary N) is 1. The maximum atomic E-state index is 11.5. The molecule has 0 aromatic rings.